The molecule has 2 aromatic carbocycles. The number of hydrogen-bond acceptors (Lipinski definition) is 3. The summed E-state index contributed by atoms with van der Waals surface area (Å²) < 4.78 is 0. The first-order chi connectivity index (χ1) is 17.0. The van der Waals surface area contributed by atoms with Gasteiger partial charge in [-0.25, -0.2) is 0 Å². The molecule has 0 amide bonds. The summed E-state index contributed by atoms with van der Waals surface area (Å²) >= 11 is 0. The molecule has 0 atom stereocenters. The van der Waals surface area contributed by atoms with Crippen molar-refractivity contribution in [2.75, 3.05) is 17.6 Å². The van der Waals surface area contributed by atoms with Gasteiger partial charge in [-0.3, -0.25) is 0 Å². The maximum atomic E-state index is 7.06. The minimum Gasteiger partial charge on any atom is -0.399 e. The summed E-state index contributed by atoms with van der Waals surface area (Å²) in [5.41, 5.74) is 11.8. The molecule has 0 fully saturated rings. The zero-order chi connectivity index (χ0) is 27.5. The van der Waals surface area contributed by atoms with E-state index < -0.39 is 0 Å². The van der Waals surface area contributed by atoms with E-state index in [4.69, 9.17) is 11.1 Å². The number of anilines is 2. The van der Waals surface area contributed by atoms with Crippen LogP contribution in [-0.4, -0.2) is 12.3 Å². The average molecular weight is 480 g/mol. The van der Waals surface area contributed by atoms with Crippen LogP contribution < -0.4 is 11.1 Å². The second-order valence-electron chi connectivity index (χ2n) is 6.77. The number of rotatable bonds is 5. The van der Waals surface area contributed by atoms with Gasteiger partial charge in [0.15, 0.2) is 0 Å². The molecule has 1 aliphatic rings. The Morgan fingerprint density at radius 2 is 1.09 bits per heavy atom. The third-order valence-corrected chi connectivity index (χ3v) is 4.28. The number of aryl methyl sites for hydroxylation is 2. The highest BCUT2D eigenvalue weighted by Crippen LogP contribution is 2.09. The standard InChI is InChI=1S/C11H17N.C8H11N.C7H7N.3C2H6/c1-3-9-12-11-7-5-10(4-2)6-8-11;1-2-7-3-5-8(9)6-4-7;1-6-2-4-7(8)5-3-6;3*1-2/h5-8,12H,3-4,9H2,1-2H3;3-6H,2,9H2,1H3;2-5,8H,1H2;3*1-2H3. The van der Waals surface area contributed by atoms with Crippen molar-refractivity contribution in [1.29, 1.82) is 5.41 Å². The molecule has 0 aromatic heterocycles. The van der Waals surface area contributed by atoms with Crippen LogP contribution in [0.1, 0.15) is 79.9 Å². The topological polar surface area (TPSA) is 61.9 Å². The Morgan fingerprint density at radius 1 is 0.686 bits per heavy atom. The lowest BCUT2D eigenvalue weighted by atomic mass is 10.1. The first-order valence-corrected chi connectivity index (χ1v) is 13.3. The van der Waals surface area contributed by atoms with E-state index in [1.165, 1.54) is 23.2 Å². The van der Waals surface area contributed by atoms with Crippen molar-refractivity contribution < 1.29 is 0 Å². The minimum atomic E-state index is 0.539. The van der Waals surface area contributed by atoms with Crippen molar-refractivity contribution in [2.45, 2.75) is 81.6 Å². The maximum Gasteiger partial charge on any atom is 0.0540 e. The van der Waals surface area contributed by atoms with E-state index in [0.29, 0.717) is 5.71 Å². The molecular formula is C32H53N3. The highest BCUT2D eigenvalue weighted by atomic mass is 14.9. The van der Waals surface area contributed by atoms with Crippen LogP contribution in [0.5, 0.6) is 0 Å². The molecule has 1 aliphatic carbocycles. The second-order valence-corrected chi connectivity index (χ2v) is 6.77. The van der Waals surface area contributed by atoms with Gasteiger partial charge < -0.3 is 16.5 Å². The SMILES string of the molecule is C=C1C=CC(=N)C=C1.CC.CC.CC.CCCNc1ccc(CC)cc1.CCc1ccc(N)cc1. The Labute approximate surface area is 217 Å². The third-order valence-electron chi connectivity index (χ3n) is 4.28. The molecule has 3 nitrogen and oxygen atoms in total. The lowest BCUT2D eigenvalue weighted by Crippen LogP contribution is -1.99. The lowest BCUT2D eigenvalue weighted by Gasteiger charge is -2.04. The van der Waals surface area contributed by atoms with Gasteiger partial charge in [0.25, 0.3) is 0 Å². The first kappa shape index (κ1) is 36.5. The molecule has 0 radical (unpaired) electrons. The van der Waals surface area contributed by atoms with E-state index in [1.54, 1.807) is 12.2 Å². The van der Waals surface area contributed by atoms with Gasteiger partial charge in [-0.15, -0.1) is 0 Å². The van der Waals surface area contributed by atoms with Crippen molar-refractivity contribution in [3.05, 3.63) is 96.1 Å². The number of nitrogens with two attached hydrogens (primary N) is 1. The second kappa shape index (κ2) is 27.2. The van der Waals surface area contributed by atoms with E-state index >= 15 is 0 Å². The van der Waals surface area contributed by atoms with Gasteiger partial charge in [-0.1, -0.05) is 105 Å². The number of nitrogens with one attached hydrogen (secondary N) is 2. The van der Waals surface area contributed by atoms with Gasteiger partial charge in [-0.05, 0) is 72.4 Å². The minimum absolute atomic E-state index is 0.539. The fourth-order valence-corrected chi connectivity index (χ4v) is 2.39. The Morgan fingerprint density at radius 3 is 1.43 bits per heavy atom. The molecule has 196 valence electrons. The summed E-state index contributed by atoms with van der Waals surface area (Å²) in [7, 11) is 0. The van der Waals surface area contributed by atoms with E-state index in [1.807, 2.05) is 65.8 Å². The van der Waals surface area contributed by atoms with Gasteiger partial charge in [0.2, 0.25) is 0 Å². The molecule has 0 aliphatic heterocycles. The normalized spacial score (nSPS) is 10.3. The maximum absolute atomic E-state index is 7.06. The number of benzene rings is 2. The first-order valence-electron chi connectivity index (χ1n) is 13.3. The van der Waals surface area contributed by atoms with Crippen LogP contribution in [0.2, 0.25) is 0 Å². The van der Waals surface area contributed by atoms with Crippen molar-refractivity contribution >= 4 is 17.1 Å². The molecule has 3 heteroatoms. The summed E-state index contributed by atoms with van der Waals surface area (Å²) in [5.74, 6) is 0. The zero-order valence-electron chi connectivity index (χ0n) is 24.0. The molecular weight excluding hydrogens is 426 g/mol. The molecule has 0 unspecified atom stereocenters. The van der Waals surface area contributed by atoms with Crippen LogP contribution in [0, 0.1) is 5.41 Å². The zero-order valence-corrected chi connectivity index (χ0v) is 24.0. The summed E-state index contributed by atoms with van der Waals surface area (Å²) in [6, 6.07) is 16.6. The largest absolute Gasteiger partial charge is 0.399 e. The van der Waals surface area contributed by atoms with Gasteiger partial charge >= 0.3 is 0 Å². The van der Waals surface area contributed by atoms with E-state index in [2.05, 4.69) is 69.1 Å². The summed E-state index contributed by atoms with van der Waals surface area (Å²) in [6.07, 6.45) is 10.5. The number of hydrogen-bond donors (Lipinski definition) is 3. The molecule has 0 saturated heterocycles. The molecule has 3 rings (SSSR count). The fourth-order valence-electron chi connectivity index (χ4n) is 2.39. The molecule has 0 heterocycles. The quantitative estimate of drug-likeness (QED) is 0.374. The van der Waals surface area contributed by atoms with Crippen molar-refractivity contribution in [1.82, 2.24) is 0 Å². The van der Waals surface area contributed by atoms with Crippen LogP contribution in [0.4, 0.5) is 11.4 Å². The van der Waals surface area contributed by atoms with Crippen LogP contribution in [-0.2, 0) is 12.8 Å². The smallest absolute Gasteiger partial charge is 0.0540 e. The van der Waals surface area contributed by atoms with Crippen molar-refractivity contribution in [3.63, 3.8) is 0 Å². The Bertz CT molecular complexity index is 760. The van der Waals surface area contributed by atoms with Gasteiger partial charge in [0, 0.05) is 17.9 Å². The molecule has 0 bridgehead atoms. The van der Waals surface area contributed by atoms with Crippen molar-refractivity contribution in [3.8, 4) is 0 Å². The molecule has 2 aromatic rings. The van der Waals surface area contributed by atoms with Crippen LogP contribution in [0.25, 0.3) is 0 Å². The third kappa shape index (κ3) is 21.2. The predicted octanol–water partition coefficient (Wildman–Crippen LogP) is 9.67. The number of allylic oxidation sites excluding steroid dienone is 5. The Hall–Kier alpha value is -3.07. The van der Waals surface area contributed by atoms with E-state index in [-0.39, 0.29) is 0 Å². The van der Waals surface area contributed by atoms with Crippen molar-refractivity contribution in [2.24, 2.45) is 0 Å². The highest BCUT2D eigenvalue weighted by molar-refractivity contribution is 6.03. The molecule has 4 N–H and O–H groups in total. The lowest BCUT2D eigenvalue weighted by molar-refractivity contribution is 0.979. The van der Waals surface area contributed by atoms with E-state index in [9.17, 15) is 0 Å². The molecule has 0 saturated carbocycles. The predicted molar refractivity (Wildman–Crippen MR) is 164 cm³/mol. The summed E-state index contributed by atoms with van der Waals surface area (Å²) in [4.78, 5) is 0. The monoisotopic (exact) mass is 479 g/mol. The average Bonchev–Trinajstić information content (AvgIpc) is 2.94. The molecule has 35 heavy (non-hydrogen) atoms. The van der Waals surface area contributed by atoms with Crippen LogP contribution in [0.15, 0.2) is 85.0 Å². The fraction of sp³-hybridized carbons (Fsp3) is 0.406. The van der Waals surface area contributed by atoms with Crippen LogP contribution in [0.3, 0.4) is 0 Å². The van der Waals surface area contributed by atoms with Crippen LogP contribution >= 0.6 is 0 Å². The summed E-state index contributed by atoms with van der Waals surface area (Å²) in [6.45, 7) is 23.2. The van der Waals surface area contributed by atoms with Gasteiger partial charge in [0.1, 0.15) is 0 Å². The van der Waals surface area contributed by atoms with Gasteiger partial charge in [-0.2, -0.15) is 0 Å². The summed E-state index contributed by atoms with van der Waals surface area (Å²) in [5, 5.41) is 10.4. The molecule has 0 spiro atoms. The Balaban J connectivity index is -0.000000402. The Kier molecular flexibility index (Phi) is 28.3. The van der Waals surface area contributed by atoms with E-state index in [0.717, 1.165) is 30.6 Å². The highest BCUT2D eigenvalue weighted by Gasteiger charge is 1.91. The number of nitrogen functional groups attached to an aromatic ring is 1. The van der Waals surface area contributed by atoms with Gasteiger partial charge in [0.05, 0.1) is 5.71 Å².